The molecule has 1 fully saturated rings. The first-order valence-electron chi connectivity index (χ1n) is 10.1. The Balaban J connectivity index is 1.33. The summed E-state index contributed by atoms with van der Waals surface area (Å²) in [6.45, 7) is 0.726. The van der Waals surface area contributed by atoms with Crippen LogP contribution in [0.2, 0.25) is 5.02 Å². The van der Waals surface area contributed by atoms with Crippen LogP contribution in [0, 0.1) is 5.92 Å². The summed E-state index contributed by atoms with van der Waals surface area (Å²) in [5, 5.41) is 10.6. The van der Waals surface area contributed by atoms with Crippen molar-refractivity contribution in [3.05, 3.63) is 58.1 Å². The molecule has 1 atom stereocenters. The molecule has 1 N–H and O–H groups in total. The van der Waals surface area contributed by atoms with Crippen molar-refractivity contribution in [2.24, 2.45) is 5.92 Å². The first-order valence-corrected chi connectivity index (χ1v) is 11.3. The van der Waals surface area contributed by atoms with Gasteiger partial charge in [0, 0.05) is 18.0 Å². The Labute approximate surface area is 189 Å². The Bertz CT molecular complexity index is 1130. The van der Waals surface area contributed by atoms with E-state index in [1.807, 2.05) is 18.2 Å². The highest BCUT2D eigenvalue weighted by Gasteiger charge is 2.33. The first kappa shape index (κ1) is 20.3. The molecule has 1 aromatic carbocycles. The molecule has 0 radical (unpaired) electrons. The van der Waals surface area contributed by atoms with Crippen molar-refractivity contribution >= 4 is 34.5 Å². The molecular weight excluding hydrogens is 436 g/mol. The molecule has 0 spiro atoms. The van der Waals surface area contributed by atoms with Crippen molar-refractivity contribution in [3.8, 4) is 22.1 Å². The second kappa shape index (κ2) is 8.15. The quantitative estimate of drug-likeness (QED) is 0.553. The molecule has 6 nitrogen and oxygen atoms in total. The van der Waals surface area contributed by atoms with Gasteiger partial charge in [-0.15, -0.1) is 11.3 Å². The van der Waals surface area contributed by atoms with Crippen LogP contribution in [0.1, 0.15) is 28.1 Å². The van der Waals surface area contributed by atoms with Gasteiger partial charge in [0.15, 0.2) is 11.5 Å². The fraction of sp³-hybridized carbons (Fsp3) is 0.304. The molecule has 8 heteroatoms. The number of methoxy groups -OCH3 is 1. The molecule has 31 heavy (non-hydrogen) atoms. The van der Waals surface area contributed by atoms with Gasteiger partial charge in [-0.05, 0) is 54.7 Å². The standard InChI is InChI=1S/C23H21ClN2O4S/c1-29-20-9-16(5-7-19(20)30-12-18(27)13-2-3-13)26-11-14-8-21(31-22(14)23(26)28)17-6-4-15(24)10-25-17/h4-10,13,18,27H,2-3,11-12H2,1H3. The zero-order chi connectivity index (χ0) is 21.5. The lowest BCUT2D eigenvalue weighted by Crippen LogP contribution is -2.23. The van der Waals surface area contributed by atoms with Crippen LogP contribution in [0.15, 0.2) is 42.6 Å². The average Bonchev–Trinajstić information content (AvgIpc) is 3.48. The molecule has 1 aliphatic heterocycles. The number of nitrogens with zero attached hydrogens (tertiary/aromatic N) is 2. The molecule has 1 unspecified atom stereocenters. The Hall–Kier alpha value is -2.61. The number of hydrogen-bond donors (Lipinski definition) is 1. The Morgan fingerprint density at radius 1 is 1.26 bits per heavy atom. The zero-order valence-corrected chi connectivity index (χ0v) is 18.4. The minimum absolute atomic E-state index is 0.0416. The van der Waals surface area contributed by atoms with E-state index in [1.165, 1.54) is 11.3 Å². The van der Waals surface area contributed by atoms with E-state index in [0.29, 0.717) is 29.0 Å². The highest BCUT2D eigenvalue weighted by atomic mass is 35.5. The van der Waals surface area contributed by atoms with E-state index in [1.54, 1.807) is 36.4 Å². The summed E-state index contributed by atoms with van der Waals surface area (Å²) in [6, 6.07) is 11.1. The lowest BCUT2D eigenvalue weighted by atomic mass is 10.2. The molecule has 2 aromatic heterocycles. The summed E-state index contributed by atoms with van der Waals surface area (Å²) in [5.74, 6) is 1.40. The zero-order valence-electron chi connectivity index (χ0n) is 16.9. The summed E-state index contributed by atoms with van der Waals surface area (Å²) in [7, 11) is 1.57. The van der Waals surface area contributed by atoms with E-state index in [-0.39, 0.29) is 12.5 Å². The number of thiophene rings is 1. The molecule has 160 valence electrons. The number of ether oxygens (including phenoxy) is 2. The van der Waals surface area contributed by atoms with E-state index in [0.717, 1.165) is 39.5 Å². The van der Waals surface area contributed by atoms with Gasteiger partial charge in [-0.3, -0.25) is 9.78 Å². The Morgan fingerprint density at radius 2 is 2.10 bits per heavy atom. The SMILES string of the molecule is COc1cc(N2Cc3cc(-c4ccc(Cl)cn4)sc3C2=O)ccc1OCC(O)C1CC1. The summed E-state index contributed by atoms with van der Waals surface area (Å²) in [5.41, 5.74) is 2.53. The monoisotopic (exact) mass is 456 g/mol. The molecule has 3 heterocycles. The van der Waals surface area contributed by atoms with Gasteiger partial charge < -0.3 is 19.5 Å². The minimum atomic E-state index is -0.454. The summed E-state index contributed by atoms with van der Waals surface area (Å²) in [4.78, 5) is 20.8. The Kier molecular flexibility index (Phi) is 5.33. The van der Waals surface area contributed by atoms with E-state index in [2.05, 4.69) is 4.98 Å². The summed E-state index contributed by atoms with van der Waals surface area (Å²) < 4.78 is 11.2. The van der Waals surface area contributed by atoms with Crippen LogP contribution in [0.25, 0.3) is 10.6 Å². The van der Waals surface area contributed by atoms with Crippen LogP contribution >= 0.6 is 22.9 Å². The topological polar surface area (TPSA) is 71.9 Å². The minimum Gasteiger partial charge on any atom is -0.493 e. The van der Waals surface area contributed by atoms with Gasteiger partial charge in [-0.1, -0.05) is 11.6 Å². The molecule has 1 saturated carbocycles. The van der Waals surface area contributed by atoms with Crippen molar-refractivity contribution in [1.82, 2.24) is 4.98 Å². The summed E-state index contributed by atoms with van der Waals surface area (Å²) in [6.07, 6.45) is 3.26. The maximum absolute atomic E-state index is 13.1. The lowest BCUT2D eigenvalue weighted by molar-refractivity contribution is 0.0880. The van der Waals surface area contributed by atoms with E-state index >= 15 is 0 Å². The van der Waals surface area contributed by atoms with Gasteiger partial charge in [0.25, 0.3) is 5.91 Å². The van der Waals surface area contributed by atoms with Crippen LogP contribution < -0.4 is 14.4 Å². The molecule has 3 aromatic rings. The fourth-order valence-corrected chi connectivity index (χ4v) is 4.89. The number of hydrogen-bond acceptors (Lipinski definition) is 6. The van der Waals surface area contributed by atoms with Crippen molar-refractivity contribution in [1.29, 1.82) is 0 Å². The number of aliphatic hydroxyl groups is 1. The molecule has 5 rings (SSSR count). The van der Waals surface area contributed by atoms with Crippen LogP contribution in [0.5, 0.6) is 11.5 Å². The normalized spacial score (nSPS) is 16.4. The van der Waals surface area contributed by atoms with Crippen molar-refractivity contribution in [2.75, 3.05) is 18.6 Å². The third-order valence-electron chi connectivity index (χ3n) is 5.59. The van der Waals surface area contributed by atoms with Gasteiger partial charge in [0.1, 0.15) is 6.61 Å². The van der Waals surface area contributed by atoms with Crippen LogP contribution in [-0.2, 0) is 6.54 Å². The number of anilines is 1. The van der Waals surface area contributed by atoms with Gasteiger partial charge in [-0.25, -0.2) is 0 Å². The number of carbonyl (C=O) groups is 1. The average molecular weight is 457 g/mol. The smallest absolute Gasteiger partial charge is 0.269 e. The Morgan fingerprint density at radius 3 is 2.77 bits per heavy atom. The largest absolute Gasteiger partial charge is 0.493 e. The second-order valence-corrected chi connectivity index (χ2v) is 9.26. The lowest BCUT2D eigenvalue weighted by Gasteiger charge is -2.19. The third kappa shape index (κ3) is 4.01. The predicted octanol–water partition coefficient (Wildman–Crippen LogP) is 4.78. The molecule has 1 amide bonds. The predicted molar refractivity (Wildman–Crippen MR) is 120 cm³/mol. The van der Waals surface area contributed by atoms with Crippen LogP contribution in [0.4, 0.5) is 5.69 Å². The molecule has 0 saturated heterocycles. The molecule has 0 bridgehead atoms. The van der Waals surface area contributed by atoms with Crippen LogP contribution in [0.3, 0.4) is 0 Å². The highest BCUT2D eigenvalue weighted by Crippen LogP contribution is 2.40. The highest BCUT2D eigenvalue weighted by molar-refractivity contribution is 7.17. The van der Waals surface area contributed by atoms with Crippen LogP contribution in [-0.4, -0.2) is 35.8 Å². The van der Waals surface area contributed by atoms with Crippen molar-refractivity contribution < 1.29 is 19.4 Å². The van der Waals surface area contributed by atoms with Crippen molar-refractivity contribution in [3.63, 3.8) is 0 Å². The first-order chi connectivity index (χ1) is 15.0. The molecule has 1 aliphatic carbocycles. The fourth-order valence-electron chi connectivity index (χ4n) is 3.68. The van der Waals surface area contributed by atoms with E-state index in [4.69, 9.17) is 21.1 Å². The number of halogens is 1. The number of aromatic nitrogens is 1. The van der Waals surface area contributed by atoms with E-state index < -0.39 is 6.10 Å². The molecule has 2 aliphatic rings. The molecular formula is C23H21ClN2O4S. The van der Waals surface area contributed by atoms with Gasteiger partial charge >= 0.3 is 0 Å². The van der Waals surface area contributed by atoms with Gasteiger partial charge in [0.05, 0.1) is 40.2 Å². The van der Waals surface area contributed by atoms with Gasteiger partial charge in [0.2, 0.25) is 0 Å². The number of pyridine rings is 1. The summed E-state index contributed by atoms with van der Waals surface area (Å²) >= 11 is 7.36. The number of aliphatic hydroxyl groups excluding tert-OH is 1. The van der Waals surface area contributed by atoms with E-state index in [9.17, 15) is 9.90 Å². The number of carbonyl (C=O) groups excluding carboxylic acids is 1. The van der Waals surface area contributed by atoms with Crippen molar-refractivity contribution in [2.45, 2.75) is 25.5 Å². The number of fused-ring (bicyclic) bond motifs is 1. The second-order valence-electron chi connectivity index (χ2n) is 7.77. The number of benzene rings is 1. The number of amides is 1. The third-order valence-corrected chi connectivity index (χ3v) is 7.00. The van der Waals surface area contributed by atoms with Gasteiger partial charge in [-0.2, -0.15) is 0 Å². The maximum Gasteiger partial charge on any atom is 0.269 e. The maximum atomic E-state index is 13.1. The number of rotatable bonds is 7.